The molecule has 280 valence electrons. The molecule has 4 unspecified atom stereocenters. The predicted molar refractivity (Wildman–Crippen MR) is 190 cm³/mol. The summed E-state index contributed by atoms with van der Waals surface area (Å²) in [6.45, 7) is 24.1. The molecule has 0 spiro atoms. The molecule has 4 N–H and O–H groups in total. The van der Waals surface area contributed by atoms with Gasteiger partial charge in [0.15, 0.2) is 0 Å². The molecule has 10 nitrogen and oxygen atoms in total. The molecule has 46 heavy (non-hydrogen) atoms. The van der Waals surface area contributed by atoms with Crippen LogP contribution in [0.4, 0.5) is 0 Å². The molecule has 0 saturated carbocycles. The summed E-state index contributed by atoms with van der Waals surface area (Å²) in [7, 11) is 0. The second-order valence-corrected chi connectivity index (χ2v) is 12.6. The van der Waals surface area contributed by atoms with Crippen LogP contribution < -0.4 is 0 Å². The molecule has 0 aliphatic rings. The van der Waals surface area contributed by atoms with Crippen LogP contribution in [0.5, 0.6) is 0 Å². The first-order valence-electron chi connectivity index (χ1n) is 16.4. The van der Waals surface area contributed by atoms with Crippen LogP contribution in [0.3, 0.4) is 0 Å². The molecule has 0 fully saturated rings. The minimum Gasteiger partial charge on any atom is -0.481 e. The molecular formula is C36H76O10. The van der Waals surface area contributed by atoms with E-state index < -0.39 is 23.9 Å². The van der Waals surface area contributed by atoms with Crippen molar-refractivity contribution in [1.29, 1.82) is 0 Å². The van der Waals surface area contributed by atoms with Crippen molar-refractivity contribution in [3.05, 3.63) is 0 Å². The van der Waals surface area contributed by atoms with Gasteiger partial charge in [-0.15, -0.1) is 0 Å². The molecule has 0 aliphatic carbocycles. The van der Waals surface area contributed by atoms with Crippen LogP contribution in [0.25, 0.3) is 0 Å². The maximum absolute atomic E-state index is 10.4. The van der Waals surface area contributed by atoms with Crippen LogP contribution >= 0.6 is 0 Å². The molecule has 0 aliphatic heterocycles. The number of rotatable bonds is 20. The molecule has 0 radical (unpaired) electrons. The zero-order chi connectivity index (χ0) is 35.4. The first-order valence-corrected chi connectivity index (χ1v) is 16.4. The number of carboxylic acid groups (broad SMARTS) is 4. The largest absolute Gasteiger partial charge is 0.481 e. The van der Waals surface area contributed by atoms with Crippen molar-refractivity contribution < 1.29 is 49.1 Å². The Balaban J connectivity index is -0.000000114. The van der Waals surface area contributed by atoms with Crippen LogP contribution in [0.1, 0.15) is 162 Å². The third-order valence-electron chi connectivity index (χ3n) is 6.34. The standard InChI is InChI=1S/2C9H18O2.2C8H16O3.2CH4/c2*1-4-8(5-7(2)3)6-9(10)11;2*1-4-7(5-8(9)10)11-6(2)3;;/h2*7-8H,4-6H2,1-3H3,(H,10,11);2*6-7H,4-5H2,1-3H3,(H,9,10);2*1H4. The fraction of sp³-hybridized carbons (Fsp3) is 0.889. The molecule has 0 aromatic carbocycles. The smallest absolute Gasteiger partial charge is 0.305 e. The molecule has 0 bridgehead atoms. The maximum atomic E-state index is 10.4. The van der Waals surface area contributed by atoms with Crippen molar-refractivity contribution in [2.75, 3.05) is 0 Å². The Labute approximate surface area is 283 Å². The van der Waals surface area contributed by atoms with E-state index in [-0.39, 0.29) is 52.1 Å². The highest BCUT2D eigenvalue weighted by Gasteiger charge is 2.14. The summed E-state index contributed by atoms with van der Waals surface area (Å²) in [4.78, 5) is 41.2. The van der Waals surface area contributed by atoms with Gasteiger partial charge >= 0.3 is 23.9 Å². The first kappa shape index (κ1) is 56.2. The van der Waals surface area contributed by atoms with Crippen LogP contribution in [0, 0.1) is 23.7 Å². The summed E-state index contributed by atoms with van der Waals surface area (Å²) in [5.41, 5.74) is 0. The lowest BCUT2D eigenvalue weighted by atomic mass is 9.92. The normalized spacial score (nSPS) is 12.9. The molecule has 0 aromatic heterocycles. The van der Waals surface area contributed by atoms with E-state index in [1.807, 2.05) is 41.5 Å². The Morgan fingerprint density at radius 1 is 0.457 bits per heavy atom. The highest BCUT2D eigenvalue weighted by Crippen LogP contribution is 2.19. The molecule has 10 heteroatoms. The van der Waals surface area contributed by atoms with E-state index in [0.29, 0.717) is 36.5 Å². The molecule has 0 heterocycles. The van der Waals surface area contributed by atoms with Crippen molar-refractivity contribution >= 4 is 23.9 Å². The van der Waals surface area contributed by atoms with Crippen LogP contribution in [-0.4, -0.2) is 68.7 Å². The lowest BCUT2D eigenvalue weighted by molar-refractivity contribution is -0.142. The van der Waals surface area contributed by atoms with Crippen molar-refractivity contribution in [1.82, 2.24) is 0 Å². The SMILES string of the molecule is C.C.CCC(CC(=O)O)CC(C)C.CCC(CC(=O)O)CC(C)C.CCC(CC(=O)O)OC(C)C.CCC(CC(=O)O)OC(C)C. The number of carbonyl (C=O) groups is 4. The van der Waals surface area contributed by atoms with Gasteiger partial charge in [0.25, 0.3) is 0 Å². The summed E-state index contributed by atoms with van der Waals surface area (Å²) < 4.78 is 10.7. The van der Waals surface area contributed by atoms with Crippen molar-refractivity contribution in [3.8, 4) is 0 Å². The van der Waals surface area contributed by atoms with Crippen LogP contribution in [-0.2, 0) is 28.7 Å². The summed E-state index contributed by atoms with van der Waals surface area (Å²) >= 11 is 0. The monoisotopic (exact) mass is 669 g/mol. The van der Waals surface area contributed by atoms with Gasteiger partial charge < -0.3 is 29.9 Å². The van der Waals surface area contributed by atoms with Gasteiger partial charge in [-0.05, 0) is 77.0 Å². The Bertz CT molecular complexity index is 600. The molecule has 0 saturated heterocycles. The number of aliphatic carboxylic acids is 4. The summed E-state index contributed by atoms with van der Waals surface area (Å²) in [6, 6.07) is 0. The van der Waals surface area contributed by atoms with E-state index in [2.05, 4.69) is 41.5 Å². The van der Waals surface area contributed by atoms with Gasteiger partial charge in [0.1, 0.15) is 0 Å². The van der Waals surface area contributed by atoms with Gasteiger partial charge in [-0.2, -0.15) is 0 Å². The topological polar surface area (TPSA) is 168 Å². The van der Waals surface area contributed by atoms with Crippen LogP contribution in [0.2, 0.25) is 0 Å². The molecule has 4 atom stereocenters. The van der Waals surface area contributed by atoms with Crippen molar-refractivity contribution in [2.45, 2.75) is 187 Å². The highest BCUT2D eigenvalue weighted by atomic mass is 16.5. The van der Waals surface area contributed by atoms with Gasteiger partial charge in [0.2, 0.25) is 0 Å². The summed E-state index contributed by atoms with van der Waals surface area (Å²) in [5.74, 6) is -0.969. The Morgan fingerprint density at radius 2 is 0.696 bits per heavy atom. The Kier molecular flexibility index (Phi) is 43.5. The second-order valence-electron chi connectivity index (χ2n) is 12.6. The van der Waals surface area contributed by atoms with Gasteiger partial charge in [0.05, 0.1) is 37.3 Å². The predicted octanol–water partition coefficient (Wildman–Crippen LogP) is 9.67. The number of carboxylic acids is 4. The lowest BCUT2D eigenvalue weighted by Crippen LogP contribution is -2.20. The summed E-state index contributed by atoms with van der Waals surface area (Å²) in [5, 5.41) is 34.0. The van der Waals surface area contributed by atoms with E-state index in [4.69, 9.17) is 29.9 Å². The fourth-order valence-corrected chi connectivity index (χ4v) is 4.35. The van der Waals surface area contributed by atoms with Crippen molar-refractivity contribution in [3.63, 3.8) is 0 Å². The molecule has 0 rings (SSSR count). The van der Waals surface area contributed by atoms with Crippen molar-refractivity contribution in [2.24, 2.45) is 23.7 Å². The fourth-order valence-electron chi connectivity index (χ4n) is 4.35. The van der Waals surface area contributed by atoms with E-state index in [0.717, 1.165) is 38.5 Å². The highest BCUT2D eigenvalue weighted by molar-refractivity contribution is 5.68. The zero-order valence-electron chi connectivity index (χ0n) is 29.9. The number of ether oxygens (including phenoxy) is 2. The Hall–Kier alpha value is -2.20. The summed E-state index contributed by atoms with van der Waals surface area (Å²) in [6.07, 6.45) is 6.35. The van der Waals surface area contributed by atoms with E-state index in [9.17, 15) is 19.2 Å². The number of hydrogen-bond acceptors (Lipinski definition) is 6. The average Bonchev–Trinajstić information content (AvgIpc) is 2.86. The lowest BCUT2D eigenvalue weighted by Gasteiger charge is -2.16. The number of hydrogen-bond donors (Lipinski definition) is 4. The van der Waals surface area contributed by atoms with Gasteiger partial charge in [-0.1, -0.05) is 83.1 Å². The first-order chi connectivity index (χ1) is 20.2. The Morgan fingerprint density at radius 3 is 0.826 bits per heavy atom. The average molecular weight is 669 g/mol. The zero-order valence-corrected chi connectivity index (χ0v) is 29.9. The second kappa shape index (κ2) is 35.7. The minimum atomic E-state index is -0.794. The van der Waals surface area contributed by atoms with E-state index >= 15 is 0 Å². The quantitative estimate of drug-likeness (QED) is 0.0980. The molecular weight excluding hydrogens is 592 g/mol. The van der Waals surface area contributed by atoms with E-state index in [1.54, 1.807) is 0 Å². The molecule has 0 amide bonds. The molecule has 0 aromatic rings. The van der Waals surface area contributed by atoms with Gasteiger partial charge in [-0.25, -0.2) is 0 Å². The third-order valence-corrected chi connectivity index (χ3v) is 6.34. The van der Waals surface area contributed by atoms with Crippen LogP contribution in [0.15, 0.2) is 0 Å². The minimum absolute atomic E-state index is 0. The van der Waals surface area contributed by atoms with Gasteiger partial charge in [0, 0.05) is 12.8 Å². The maximum Gasteiger partial charge on any atom is 0.305 e. The van der Waals surface area contributed by atoms with Gasteiger partial charge in [-0.3, -0.25) is 19.2 Å². The third kappa shape index (κ3) is 48.7. The van der Waals surface area contributed by atoms with E-state index in [1.165, 1.54) is 0 Å².